The maximum atomic E-state index is 11.0. The van der Waals surface area contributed by atoms with Crippen LogP contribution in [0, 0.1) is 10.1 Å². The molecule has 0 aliphatic heterocycles. The van der Waals surface area contributed by atoms with Crippen molar-refractivity contribution in [2.45, 2.75) is 0 Å². The highest BCUT2D eigenvalue weighted by molar-refractivity contribution is 6.32. The van der Waals surface area contributed by atoms with Gasteiger partial charge in [-0.25, -0.2) is 0 Å². The van der Waals surface area contributed by atoms with Crippen molar-refractivity contribution < 1.29 is 19.5 Å². The zero-order valence-electron chi connectivity index (χ0n) is 12.4. The van der Waals surface area contributed by atoms with Crippen LogP contribution in [0.1, 0.15) is 0 Å². The summed E-state index contributed by atoms with van der Waals surface area (Å²) in [5.41, 5.74) is 0.247. The number of benzene rings is 2. The number of hydrogen-bond acceptors (Lipinski definition) is 6. The molecule has 0 bridgehead atoms. The van der Waals surface area contributed by atoms with Crippen molar-refractivity contribution in [3.63, 3.8) is 0 Å². The van der Waals surface area contributed by atoms with Gasteiger partial charge in [-0.05, 0) is 24.3 Å². The molecular weight excluding hydrogens is 336 g/mol. The van der Waals surface area contributed by atoms with E-state index < -0.39 is 4.92 Å². The van der Waals surface area contributed by atoms with E-state index in [0.717, 1.165) is 0 Å². The molecule has 3 aromatic rings. The molecule has 0 atom stereocenters. The SMILES string of the molecule is COc1cc2c(Oc3ccc(Cl)c([N+](=O)[O-])c3)ccnc2cc1O. The molecule has 7 nitrogen and oxygen atoms in total. The molecule has 0 fully saturated rings. The first-order valence-electron chi connectivity index (χ1n) is 6.77. The molecule has 0 aliphatic carbocycles. The largest absolute Gasteiger partial charge is 0.504 e. The van der Waals surface area contributed by atoms with Gasteiger partial charge in [0.1, 0.15) is 16.5 Å². The van der Waals surface area contributed by atoms with Crippen molar-refractivity contribution in [3.05, 3.63) is 57.7 Å². The van der Waals surface area contributed by atoms with Gasteiger partial charge in [0.25, 0.3) is 5.69 Å². The van der Waals surface area contributed by atoms with Crippen molar-refractivity contribution in [2.75, 3.05) is 7.11 Å². The minimum atomic E-state index is -0.582. The number of phenolic OH excluding ortho intramolecular Hbond substituents is 1. The minimum Gasteiger partial charge on any atom is -0.504 e. The molecule has 0 saturated heterocycles. The van der Waals surface area contributed by atoms with Crippen LogP contribution >= 0.6 is 11.6 Å². The van der Waals surface area contributed by atoms with Gasteiger partial charge in [0, 0.05) is 17.6 Å². The van der Waals surface area contributed by atoms with Gasteiger partial charge in [0.2, 0.25) is 0 Å². The summed E-state index contributed by atoms with van der Waals surface area (Å²) in [4.78, 5) is 14.5. The van der Waals surface area contributed by atoms with Crippen LogP contribution in [0.25, 0.3) is 10.9 Å². The van der Waals surface area contributed by atoms with E-state index in [4.69, 9.17) is 21.1 Å². The summed E-state index contributed by atoms with van der Waals surface area (Å²) in [6.45, 7) is 0. The summed E-state index contributed by atoms with van der Waals surface area (Å²) in [5, 5.41) is 21.4. The van der Waals surface area contributed by atoms with Crippen molar-refractivity contribution in [1.29, 1.82) is 0 Å². The number of hydrogen-bond donors (Lipinski definition) is 1. The summed E-state index contributed by atoms with van der Waals surface area (Å²) in [6.07, 6.45) is 1.51. The van der Waals surface area contributed by atoms with Gasteiger partial charge in [0.15, 0.2) is 11.5 Å². The van der Waals surface area contributed by atoms with E-state index >= 15 is 0 Å². The van der Waals surface area contributed by atoms with E-state index in [9.17, 15) is 15.2 Å². The topological polar surface area (TPSA) is 94.7 Å². The van der Waals surface area contributed by atoms with Crippen LogP contribution in [0.3, 0.4) is 0 Å². The average molecular weight is 347 g/mol. The molecule has 0 amide bonds. The lowest BCUT2D eigenvalue weighted by Crippen LogP contribution is -1.92. The maximum absolute atomic E-state index is 11.0. The molecular formula is C16H11ClN2O5. The third-order valence-corrected chi connectivity index (χ3v) is 3.66. The predicted molar refractivity (Wildman–Crippen MR) is 88.1 cm³/mol. The van der Waals surface area contributed by atoms with Gasteiger partial charge in [-0.3, -0.25) is 15.1 Å². The number of pyridine rings is 1. The molecule has 2 aromatic carbocycles. The zero-order chi connectivity index (χ0) is 17.3. The van der Waals surface area contributed by atoms with Gasteiger partial charge in [-0.2, -0.15) is 0 Å². The fraction of sp³-hybridized carbons (Fsp3) is 0.0625. The highest BCUT2D eigenvalue weighted by Gasteiger charge is 2.15. The molecule has 0 spiro atoms. The Kier molecular flexibility index (Phi) is 4.09. The van der Waals surface area contributed by atoms with E-state index in [0.29, 0.717) is 16.7 Å². The number of methoxy groups -OCH3 is 1. The number of nitro groups is 1. The van der Waals surface area contributed by atoms with Crippen LogP contribution in [0.15, 0.2) is 42.6 Å². The van der Waals surface area contributed by atoms with Crippen molar-refractivity contribution in [2.24, 2.45) is 0 Å². The maximum Gasteiger partial charge on any atom is 0.291 e. The molecule has 0 unspecified atom stereocenters. The number of nitro benzene ring substituents is 1. The normalized spacial score (nSPS) is 10.6. The van der Waals surface area contributed by atoms with Crippen molar-refractivity contribution >= 4 is 28.2 Å². The summed E-state index contributed by atoms with van der Waals surface area (Å²) < 4.78 is 10.8. The number of ether oxygens (including phenoxy) is 2. The molecule has 1 aromatic heterocycles. The van der Waals surface area contributed by atoms with Gasteiger partial charge >= 0.3 is 0 Å². The van der Waals surface area contributed by atoms with Crippen molar-refractivity contribution in [3.8, 4) is 23.0 Å². The fourth-order valence-corrected chi connectivity index (χ4v) is 2.40. The van der Waals surface area contributed by atoms with Gasteiger partial charge in [0.05, 0.1) is 23.6 Å². The van der Waals surface area contributed by atoms with Crippen LogP contribution in [-0.2, 0) is 0 Å². The second kappa shape index (κ2) is 6.21. The number of nitrogens with zero attached hydrogens (tertiary/aromatic N) is 2. The van der Waals surface area contributed by atoms with Crippen LogP contribution in [0.4, 0.5) is 5.69 Å². The lowest BCUT2D eigenvalue weighted by atomic mass is 10.2. The lowest BCUT2D eigenvalue weighted by Gasteiger charge is -2.11. The Labute approximate surface area is 141 Å². The quantitative estimate of drug-likeness (QED) is 0.559. The first kappa shape index (κ1) is 15.8. The van der Waals surface area contributed by atoms with Crippen LogP contribution in [0.5, 0.6) is 23.0 Å². The molecule has 0 saturated carbocycles. The van der Waals surface area contributed by atoms with E-state index in [1.807, 2.05) is 0 Å². The lowest BCUT2D eigenvalue weighted by molar-refractivity contribution is -0.384. The Hall–Kier alpha value is -3.06. The van der Waals surface area contributed by atoms with Crippen LogP contribution in [0.2, 0.25) is 5.02 Å². The number of aromatic hydroxyl groups is 1. The third kappa shape index (κ3) is 2.89. The number of rotatable bonds is 4. The number of halogens is 1. The molecule has 8 heteroatoms. The summed E-state index contributed by atoms with van der Waals surface area (Å²) in [6, 6.07) is 8.80. The highest BCUT2D eigenvalue weighted by atomic mass is 35.5. The monoisotopic (exact) mass is 346 g/mol. The Bertz CT molecular complexity index is 945. The first-order valence-corrected chi connectivity index (χ1v) is 7.15. The minimum absolute atomic E-state index is 0.0264. The first-order chi connectivity index (χ1) is 11.5. The second-order valence-electron chi connectivity index (χ2n) is 4.82. The number of phenols is 1. The molecule has 0 radical (unpaired) electrons. The van der Waals surface area contributed by atoms with Crippen LogP contribution in [-0.4, -0.2) is 22.1 Å². The number of fused-ring (bicyclic) bond motifs is 1. The number of aromatic nitrogens is 1. The molecule has 0 aliphatic rings. The standard InChI is InChI=1S/C16H11ClN2O5/c1-23-16-7-10-12(8-14(16)20)18-5-4-15(10)24-9-2-3-11(17)13(6-9)19(21)22/h2-8,20H,1H3. The predicted octanol–water partition coefficient (Wildman–Crippen LogP) is 4.30. The fourth-order valence-electron chi connectivity index (χ4n) is 2.21. The van der Waals surface area contributed by atoms with Gasteiger partial charge in [-0.15, -0.1) is 0 Å². The molecule has 1 N–H and O–H groups in total. The molecule has 122 valence electrons. The smallest absolute Gasteiger partial charge is 0.291 e. The Balaban J connectivity index is 2.07. The van der Waals surface area contributed by atoms with Gasteiger partial charge < -0.3 is 14.6 Å². The Morgan fingerprint density at radius 2 is 2.00 bits per heavy atom. The summed E-state index contributed by atoms with van der Waals surface area (Å²) in [7, 11) is 1.43. The van der Waals surface area contributed by atoms with E-state index in [1.165, 1.54) is 37.6 Å². The van der Waals surface area contributed by atoms with Gasteiger partial charge in [-0.1, -0.05) is 11.6 Å². The second-order valence-corrected chi connectivity index (χ2v) is 5.23. The Morgan fingerprint density at radius 1 is 1.21 bits per heavy atom. The van der Waals surface area contributed by atoms with E-state index in [1.54, 1.807) is 12.1 Å². The van der Waals surface area contributed by atoms with E-state index in [2.05, 4.69) is 4.98 Å². The highest BCUT2D eigenvalue weighted by Crippen LogP contribution is 2.37. The summed E-state index contributed by atoms with van der Waals surface area (Å²) in [5.74, 6) is 0.889. The molecule has 3 rings (SSSR count). The molecule has 24 heavy (non-hydrogen) atoms. The third-order valence-electron chi connectivity index (χ3n) is 3.34. The Morgan fingerprint density at radius 3 is 2.71 bits per heavy atom. The zero-order valence-corrected chi connectivity index (χ0v) is 13.1. The molecule has 1 heterocycles. The van der Waals surface area contributed by atoms with Crippen molar-refractivity contribution in [1.82, 2.24) is 4.98 Å². The van der Waals surface area contributed by atoms with E-state index in [-0.39, 0.29) is 28.0 Å². The summed E-state index contributed by atoms with van der Waals surface area (Å²) >= 11 is 5.79. The average Bonchev–Trinajstić information content (AvgIpc) is 2.56. The van der Waals surface area contributed by atoms with Crippen LogP contribution < -0.4 is 9.47 Å².